The van der Waals surface area contributed by atoms with Crippen molar-refractivity contribution in [1.82, 2.24) is 20.7 Å². The summed E-state index contributed by atoms with van der Waals surface area (Å²) in [5.41, 5.74) is 4.04. The minimum absolute atomic E-state index is 0.0262. The summed E-state index contributed by atoms with van der Waals surface area (Å²) in [5, 5.41) is 19.3. The Hall–Kier alpha value is -3.26. The first-order valence-electron chi connectivity index (χ1n) is 12.9. The van der Waals surface area contributed by atoms with Crippen LogP contribution in [0, 0.1) is 17.2 Å². The van der Waals surface area contributed by atoms with Gasteiger partial charge in [-0.3, -0.25) is 9.78 Å². The average Bonchev–Trinajstić information content (AvgIpc) is 3.23. The Bertz CT molecular complexity index is 1210. The van der Waals surface area contributed by atoms with Crippen molar-refractivity contribution >= 4 is 28.5 Å². The van der Waals surface area contributed by atoms with Gasteiger partial charge >= 0.3 is 5.97 Å². The number of aromatic nitrogens is 1. The van der Waals surface area contributed by atoms with Crippen LogP contribution in [0.15, 0.2) is 36.5 Å². The summed E-state index contributed by atoms with van der Waals surface area (Å²) < 4.78 is 11.6. The van der Waals surface area contributed by atoms with Gasteiger partial charge in [-0.2, -0.15) is 5.26 Å². The maximum atomic E-state index is 13.1. The number of carbonyl (C=O) groups excluding carboxylic acids is 2. The van der Waals surface area contributed by atoms with Gasteiger partial charge in [0.15, 0.2) is 6.10 Å². The first kappa shape index (κ1) is 25.4. The number of benzene rings is 1. The summed E-state index contributed by atoms with van der Waals surface area (Å²) in [4.78, 5) is 30.1. The molecule has 5 rings (SSSR count). The molecular weight excluding hydrogens is 472 g/mol. The lowest BCUT2D eigenvalue weighted by Crippen LogP contribution is -2.63. The van der Waals surface area contributed by atoms with Crippen molar-refractivity contribution in [2.45, 2.75) is 75.9 Å². The molecule has 3 aliphatic rings. The van der Waals surface area contributed by atoms with E-state index >= 15 is 0 Å². The number of fused-ring (bicyclic) bond motifs is 2. The molecule has 4 heterocycles. The van der Waals surface area contributed by atoms with Gasteiger partial charge in [0.05, 0.1) is 36.1 Å². The third kappa shape index (κ3) is 5.12. The number of hydrogen-bond donors (Lipinski definition) is 3. The van der Waals surface area contributed by atoms with Crippen LogP contribution in [0.5, 0.6) is 0 Å². The highest BCUT2D eigenvalue weighted by Gasteiger charge is 2.56. The molecule has 3 unspecified atom stereocenters. The summed E-state index contributed by atoms with van der Waals surface area (Å²) in [5.74, 6) is -0.771. The topological polar surface area (TPSA) is 129 Å². The smallest absolute Gasteiger partial charge is 0.335 e. The number of nitrogens with one attached hydrogen (secondary N) is 3. The minimum atomic E-state index is -0.669. The van der Waals surface area contributed by atoms with Crippen LogP contribution in [0.25, 0.3) is 10.9 Å². The first-order chi connectivity index (χ1) is 17.7. The Kier molecular flexibility index (Phi) is 6.79. The maximum Gasteiger partial charge on any atom is 0.335 e. The number of piperidine rings is 1. The lowest BCUT2D eigenvalue weighted by atomic mass is 9.83. The van der Waals surface area contributed by atoms with E-state index in [0.717, 1.165) is 23.0 Å². The van der Waals surface area contributed by atoms with Gasteiger partial charge < -0.3 is 20.1 Å². The normalized spacial score (nSPS) is 30.3. The van der Waals surface area contributed by atoms with E-state index in [1.54, 1.807) is 6.20 Å². The second kappa shape index (κ2) is 9.89. The Morgan fingerprint density at radius 1 is 1.35 bits per heavy atom. The number of nitrogens with zero attached hydrogens (tertiary/aromatic N) is 3. The van der Waals surface area contributed by atoms with E-state index in [0.29, 0.717) is 19.4 Å². The highest BCUT2D eigenvalue weighted by molar-refractivity contribution is 5.84. The number of esters is 1. The third-order valence-electron chi connectivity index (χ3n) is 7.36. The molecule has 1 amide bonds. The molecule has 37 heavy (non-hydrogen) atoms. The summed E-state index contributed by atoms with van der Waals surface area (Å²) in [6.07, 6.45) is 2.67. The number of amides is 1. The molecule has 2 aromatic rings. The molecule has 0 spiro atoms. The molecule has 0 radical (unpaired) electrons. The SMILES string of the molecule is CC(C)(C)OC(=O)[C@@H]1CC[C@@](CC#N)(N2NC(Nc3ccc4ncccc4c3)C3C(=O)NCCC32)CO1. The first-order valence-corrected chi connectivity index (χ1v) is 12.9. The largest absolute Gasteiger partial charge is 0.458 e. The molecule has 3 saturated heterocycles. The van der Waals surface area contributed by atoms with Gasteiger partial charge in [0, 0.05) is 29.9 Å². The lowest BCUT2D eigenvalue weighted by Gasteiger charge is -2.47. The van der Waals surface area contributed by atoms with Gasteiger partial charge in [0.1, 0.15) is 11.8 Å². The lowest BCUT2D eigenvalue weighted by molar-refractivity contribution is -0.180. The van der Waals surface area contributed by atoms with Crippen LogP contribution in [0.2, 0.25) is 0 Å². The standard InChI is InChI=1S/C27H34N6O4/c1-26(2,3)37-25(35)21-8-10-27(11-12-28,16-36-21)33-20-9-14-30-24(34)22(20)23(32-33)31-18-6-7-19-17(15-18)5-4-13-29-19/h4-7,13,15,20-23,31-32H,8-11,14,16H2,1-3H3,(H,30,34)/t20?,21-,22?,23?,27-/m0/s1. The van der Waals surface area contributed by atoms with Crippen LogP contribution < -0.4 is 16.1 Å². The number of rotatable bonds is 5. The molecule has 10 nitrogen and oxygen atoms in total. The highest BCUT2D eigenvalue weighted by atomic mass is 16.6. The number of hydrazine groups is 1. The van der Waals surface area contributed by atoms with E-state index in [9.17, 15) is 14.9 Å². The second-order valence-electron chi connectivity index (χ2n) is 11.1. The number of ether oxygens (including phenoxy) is 2. The summed E-state index contributed by atoms with van der Waals surface area (Å²) in [6.45, 7) is 6.24. The van der Waals surface area contributed by atoms with Gasteiger partial charge in [-0.05, 0) is 64.3 Å². The Labute approximate surface area is 216 Å². The Morgan fingerprint density at radius 2 is 2.19 bits per heavy atom. The molecule has 3 aliphatic heterocycles. The Balaban J connectivity index is 1.37. The van der Waals surface area contributed by atoms with Crippen LogP contribution in [0.1, 0.15) is 46.5 Å². The van der Waals surface area contributed by atoms with E-state index in [1.165, 1.54) is 0 Å². The molecule has 0 bridgehead atoms. The molecule has 3 N–H and O–H groups in total. The fourth-order valence-corrected chi connectivity index (χ4v) is 5.69. The fourth-order valence-electron chi connectivity index (χ4n) is 5.69. The second-order valence-corrected chi connectivity index (χ2v) is 11.1. The zero-order chi connectivity index (χ0) is 26.2. The van der Waals surface area contributed by atoms with Crippen molar-refractivity contribution in [2.24, 2.45) is 5.92 Å². The minimum Gasteiger partial charge on any atom is -0.458 e. The number of hydrogen-bond acceptors (Lipinski definition) is 9. The van der Waals surface area contributed by atoms with Crippen molar-refractivity contribution in [3.05, 3.63) is 36.5 Å². The molecule has 10 heteroatoms. The molecule has 3 fully saturated rings. The molecule has 0 aliphatic carbocycles. The van der Waals surface area contributed by atoms with Gasteiger partial charge in [-0.15, -0.1) is 0 Å². The average molecular weight is 507 g/mol. The van der Waals surface area contributed by atoms with Crippen molar-refractivity contribution < 1.29 is 19.1 Å². The maximum absolute atomic E-state index is 13.1. The van der Waals surface area contributed by atoms with Gasteiger partial charge in [0.2, 0.25) is 5.91 Å². The highest BCUT2D eigenvalue weighted by Crippen LogP contribution is 2.40. The number of carbonyl (C=O) groups is 2. The molecule has 196 valence electrons. The van der Waals surface area contributed by atoms with Crippen molar-refractivity contribution in [3.63, 3.8) is 0 Å². The molecule has 1 aromatic carbocycles. The van der Waals surface area contributed by atoms with E-state index in [4.69, 9.17) is 9.47 Å². The predicted molar refractivity (Wildman–Crippen MR) is 137 cm³/mol. The van der Waals surface area contributed by atoms with Crippen molar-refractivity contribution in [3.8, 4) is 6.07 Å². The fraction of sp³-hybridized carbons (Fsp3) is 0.556. The van der Waals surface area contributed by atoms with Gasteiger partial charge in [-0.1, -0.05) is 6.07 Å². The molecule has 5 atom stereocenters. The van der Waals surface area contributed by atoms with Crippen molar-refractivity contribution in [1.29, 1.82) is 5.26 Å². The van der Waals surface area contributed by atoms with Crippen LogP contribution in [-0.4, -0.2) is 64.5 Å². The summed E-state index contributed by atoms with van der Waals surface area (Å²) >= 11 is 0. The molecule has 1 aromatic heterocycles. The predicted octanol–water partition coefficient (Wildman–Crippen LogP) is 2.47. The van der Waals surface area contributed by atoms with Gasteiger partial charge in [-0.25, -0.2) is 15.2 Å². The van der Waals surface area contributed by atoms with Crippen LogP contribution in [0.3, 0.4) is 0 Å². The molecule has 0 saturated carbocycles. The zero-order valence-corrected chi connectivity index (χ0v) is 21.5. The molecular formula is C27H34N6O4. The number of pyridine rings is 1. The van der Waals surface area contributed by atoms with Crippen LogP contribution in [-0.2, 0) is 19.1 Å². The van der Waals surface area contributed by atoms with E-state index in [1.807, 2.05) is 51.1 Å². The number of anilines is 1. The van der Waals surface area contributed by atoms with Crippen LogP contribution in [0.4, 0.5) is 5.69 Å². The number of nitriles is 1. The summed E-state index contributed by atoms with van der Waals surface area (Å²) in [6, 6.07) is 12.0. The quantitative estimate of drug-likeness (QED) is 0.524. The van der Waals surface area contributed by atoms with E-state index < -0.39 is 17.2 Å². The van der Waals surface area contributed by atoms with E-state index in [-0.39, 0.29) is 43.0 Å². The summed E-state index contributed by atoms with van der Waals surface area (Å²) in [7, 11) is 0. The third-order valence-corrected chi connectivity index (χ3v) is 7.36. The zero-order valence-electron chi connectivity index (χ0n) is 21.5. The van der Waals surface area contributed by atoms with Gasteiger partial charge in [0.25, 0.3) is 0 Å². The monoisotopic (exact) mass is 506 g/mol. The van der Waals surface area contributed by atoms with Crippen molar-refractivity contribution in [2.75, 3.05) is 18.5 Å². The van der Waals surface area contributed by atoms with Crippen LogP contribution >= 0.6 is 0 Å². The van der Waals surface area contributed by atoms with E-state index in [2.05, 4.69) is 32.1 Å². The Morgan fingerprint density at radius 3 is 2.92 bits per heavy atom.